The molecule has 0 fully saturated rings. The van der Waals surface area contributed by atoms with Crippen LogP contribution in [0.2, 0.25) is 0 Å². The zero-order valence-electron chi connectivity index (χ0n) is 11.4. The van der Waals surface area contributed by atoms with Crippen LogP contribution < -0.4 is 11.3 Å². The number of benzene rings is 1. The van der Waals surface area contributed by atoms with Crippen molar-refractivity contribution in [3.05, 3.63) is 35.9 Å². The molecule has 1 unspecified atom stereocenters. The SMILES string of the molecule is CC(C)(C)CC(CCCc1ccccc1)NN. The van der Waals surface area contributed by atoms with E-state index < -0.39 is 0 Å². The maximum Gasteiger partial charge on any atom is 0.0215 e. The summed E-state index contributed by atoms with van der Waals surface area (Å²) in [6.07, 6.45) is 4.60. The van der Waals surface area contributed by atoms with E-state index in [1.54, 1.807) is 0 Å². The molecule has 96 valence electrons. The van der Waals surface area contributed by atoms with E-state index >= 15 is 0 Å². The summed E-state index contributed by atoms with van der Waals surface area (Å²) < 4.78 is 0. The highest BCUT2D eigenvalue weighted by atomic mass is 15.2. The summed E-state index contributed by atoms with van der Waals surface area (Å²) in [6, 6.07) is 11.1. The van der Waals surface area contributed by atoms with Crippen LogP contribution in [0, 0.1) is 5.41 Å². The summed E-state index contributed by atoms with van der Waals surface area (Å²) in [6.45, 7) is 6.78. The molecule has 0 bridgehead atoms. The van der Waals surface area contributed by atoms with Crippen molar-refractivity contribution in [2.75, 3.05) is 0 Å². The maximum atomic E-state index is 5.61. The van der Waals surface area contributed by atoms with Crippen molar-refractivity contribution >= 4 is 0 Å². The lowest BCUT2D eigenvalue weighted by atomic mass is 9.86. The van der Waals surface area contributed by atoms with E-state index in [-0.39, 0.29) is 0 Å². The molecule has 3 N–H and O–H groups in total. The number of hydrazine groups is 1. The van der Waals surface area contributed by atoms with E-state index in [4.69, 9.17) is 5.84 Å². The van der Waals surface area contributed by atoms with Crippen LogP contribution in [-0.2, 0) is 6.42 Å². The molecule has 2 nitrogen and oxygen atoms in total. The first kappa shape index (κ1) is 14.2. The van der Waals surface area contributed by atoms with Gasteiger partial charge in [0.1, 0.15) is 0 Å². The molecule has 2 heteroatoms. The molecular formula is C15H26N2. The predicted molar refractivity (Wildman–Crippen MR) is 74.6 cm³/mol. The highest BCUT2D eigenvalue weighted by Gasteiger charge is 2.17. The van der Waals surface area contributed by atoms with Gasteiger partial charge in [-0.3, -0.25) is 11.3 Å². The minimum absolute atomic E-state index is 0.337. The smallest absolute Gasteiger partial charge is 0.0215 e. The quantitative estimate of drug-likeness (QED) is 0.585. The van der Waals surface area contributed by atoms with Crippen LogP contribution >= 0.6 is 0 Å². The lowest BCUT2D eigenvalue weighted by Crippen LogP contribution is -2.37. The van der Waals surface area contributed by atoms with Crippen molar-refractivity contribution in [3.8, 4) is 0 Å². The van der Waals surface area contributed by atoms with Crippen LogP contribution in [0.5, 0.6) is 0 Å². The zero-order chi connectivity index (χ0) is 12.7. The summed E-state index contributed by atoms with van der Waals surface area (Å²) >= 11 is 0. The van der Waals surface area contributed by atoms with Gasteiger partial charge in [0.05, 0.1) is 0 Å². The van der Waals surface area contributed by atoms with Crippen molar-refractivity contribution < 1.29 is 0 Å². The fraction of sp³-hybridized carbons (Fsp3) is 0.600. The van der Waals surface area contributed by atoms with Crippen LogP contribution in [0.15, 0.2) is 30.3 Å². The number of hydrogen-bond acceptors (Lipinski definition) is 2. The Kier molecular flexibility index (Phi) is 5.66. The molecule has 0 spiro atoms. The number of nitrogens with one attached hydrogen (secondary N) is 1. The van der Waals surface area contributed by atoms with Crippen molar-refractivity contribution in [1.82, 2.24) is 5.43 Å². The first-order valence-electron chi connectivity index (χ1n) is 6.51. The Bertz CT molecular complexity index is 300. The van der Waals surface area contributed by atoms with Gasteiger partial charge in [-0.05, 0) is 36.7 Å². The number of aryl methyl sites for hydroxylation is 1. The second-order valence-electron chi connectivity index (χ2n) is 6.01. The van der Waals surface area contributed by atoms with Crippen LogP contribution in [0.1, 0.15) is 45.6 Å². The summed E-state index contributed by atoms with van der Waals surface area (Å²) in [5.74, 6) is 5.61. The predicted octanol–water partition coefficient (Wildman–Crippen LogP) is 3.28. The molecular weight excluding hydrogens is 208 g/mol. The van der Waals surface area contributed by atoms with Gasteiger partial charge in [0.25, 0.3) is 0 Å². The molecule has 0 aliphatic heterocycles. The maximum absolute atomic E-state index is 5.61. The second-order valence-corrected chi connectivity index (χ2v) is 6.01. The molecule has 1 aromatic carbocycles. The highest BCUT2D eigenvalue weighted by Crippen LogP contribution is 2.22. The average Bonchev–Trinajstić information content (AvgIpc) is 2.27. The molecule has 1 aromatic rings. The normalized spacial score (nSPS) is 13.6. The first-order valence-corrected chi connectivity index (χ1v) is 6.51. The van der Waals surface area contributed by atoms with E-state index in [2.05, 4.69) is 56.5 Å². The van der Waals surface area contributed by atoms with Crippen LogP contribution in [-0.4, -0.2) is 6.04 Å². The Morgan fingerprint density at radius 1 is 1.18 bits per heavy atom. The second kappa shape index (κ2) is 6.77. The van der Waals surface area contributed by atoms with Gasteiger partial charge in [-0.15, -0.1) is 0 Å². The van der Waals surface area contributed by atoms with Crippen LogP contribution in [0.25, 0.3) is 0 Å². The van der Waals surface area contributed by atoms with Gasteiger partial charge in [0, 0.05) is 6.04 Å². The average molecular weight is 234 g/mol. The first-order chi connectivity index (χ1) is 8.01. The van der Waals surface area contributed by atoms with Crippen molar-refractivity contribution in [3.63, 3.8) is 0 Å². The Morgan fingerprint density at radius 3 is 2.35 bits per heavy atom. The summed E-state index contributed by atoms with van der Waals surface area (Å²) in [5.41, 5.74) is 4.70. The van der Waals surface area contributed by atoms with Gasteiger partial charge in [0.15, 0.2) is 0 Å². The van der Waals surface area contributed by atoms with Gasteiger partial charge in [-0.25, -0.2) is 0 Å². The largest absolute Gasteiger partial charge is 0.271 e. The standard InChI is InChI=1S/C15H26N2/c1-15(2,3)12-14(17-16)11-7-10-13-8-5-4-6-9-13/h4-6,8-9,14,17H,7,10-12,16H2,1-3H3. The molecule has 0 saturated heterocycles. The van der Waals surface area contributed by atoms with Gasteiger partial charge in [-0.1, -0.05) is 51.1 Å². The van der Waals surface area contributed by atoms with Crippen molar-refractivity contribution in [1.29, 1.82) is 0 Å². The molecule has 0 amide bonds. The summed E-state index contributed by atoms with van der Waals surface area (Å²) in [5, 5.41) is 0. The van der Waals surface area contributed by atoms with Gasteiger partial charge in [-0.2, -0.15) is 0 Å². The van der Waals surface area contributed by atoms with Crippen LogP contribution in [0.4, 0.5) is 0 Å². The molecule has 0 aromatic heterocycles. The van der Waals surface area contributed by atoms with Crippen LogP contribution in [0.3, 0.4) is 0 Å². The molecule has 0 heterocycles. The van der Waals surface area contributed by atoms with Gasteiger partial charge >= 0.3 is 0 Å². The Morgan fingerprint density at radius 2 is 1.82 bits per heavy atom. The molecule has 17 heavy (non-hydrogen) atoms. The van der Waals surface area contributed by atoms with E-state index in [0.717, 1.165) is 19.3 Å². The number of hydrogen-bond donors (Lipinski definition) is 2. The minimum Gasteiger partial charge on any atom is -0.271 e. The fourth-order valence-corrected chi connectivity index (χ4v) is 2.18. The topological polar surface area (TPSA) is 38.0 Å². The van der Waals surface area contributed by atoms with E-state index in [1.165, 1.54) is 12.0 Å². The molecule has 1 rings (SSSR count). The lowest BCUT2D eigenvalue weighted by molar-refractivity contribution is 0.297. The van der Waals surface area contributed by atoms with E-state index in [9.17, 15) is 0 Å². The Hall–Kier alpha value is -0.860. The number of rotatable bonds is 6. The molecule has 0 aliphatic carbocycles. The zero-order valence-corrected chi connectivity index (χ0v) is 11.4. The number of nitrogens with two attached hydrogens (primary N) is 1. The monoisotopic (exact) mass is 234 g/mol. The van der Waals surface area contributed by atoms with Crippen molar-refractivity contribution in [2.45, 2.75) is 52.5 Å². The van der Waals surface area contributed by atoms with Gasteiger partial charge in [0.2, 0.25) is 0 Å². The highest BCUT2D eigenvalue weighted by molar-refractivity contribution is 5.14. The van der Waals surface area contributed by atoms with E-state index in [1.807, 2.05) is 0 Å². The third kappa shape index (κ3) is 6.44. The Balaban J connectivity index is 2.29. The van der Waals surface area contributed by atoms with E-state index in [0.29, 0.717) is 11.5 Å². The summed E-state index contributed by atoms with van der Waals surface area (Å²) in [4.78, 5) is 0. The molecule has 1 atom stereocenters. The lowest BCUT2D eigenvalue weighted by Gasteiger charge is -2.25. The van der Waals surface area contributed by atoms with Crippen molar-refractivity contribution in [2.24, 2.45) is 11.3 Å². The summed E-state index contributed by atoms with van der Waals surface area (Å²) in [7, 11) is 0. The third-order valence-corrected chi connectivity index (χ3v) is 2.96. The van der Waals surface area contributed by atoms with Gasteiger partial charge < -0.3 is 0 Å². The molecule has 0 radical (unpaired) electrons. The molecule has 0 saturated carbocycles. The Labute approximate surface area is 106 Å². The molecule has 0 aliphatic rings. The fourth-order valence-electron chi connectivity index (χ4n) is 2.18. The third-order valence-electron chi connectivity index (χ3n) is 2.96. The minimum atomic E-state index is 0.337.